The SMILES string of the molecule is CS(=O)(=O)NC1(C(=O)O)CCOCC1. The van der Waals surface area contributed by atoms with E-state index in [1.807, 2.05) is 0 Å². The van der Waals surface area contributed by atoms with E-state index in [4.69, 9.17) is 9.84 Å². The summed E-state index contributed by atoms with van der Waals surface area (Å²) in [5.41, 5.74) is -1.38. The van der Waals surface area contributed by atoms with Crippen molar-refractivity contribution in [2.45, 2.75) is 18.4 Å². The Morgan fingerprint density at radius 3 is 2.29 bits per heavy atom. The molecular formula is C7H13NO5S. The van der Waals surface area contributed by atoms with E-state index in [-0.39, 0.29) is 26.1 Å². The largest absolute Gasteiger partial charge is 0.480 e. The zero-order chi connectivity index (χ0) is 10.8. The van der Waals surface area contributed by atoms with Gasteiger partial charge >= 0.3 is 5.97 Å². The highest BCUT2D eigenvalue weighted by Crippen LogP contribution is 2.21. The molecule has 0 atom stereocenters. The van der Waals surface area contributed by atoms with E-state index in [1.165, 1.54) is 0 Å². The number of aliphatic carboxylic acids is 1. The van der Waals surface area contributed by atoms with Gasteiger partial charge in [-0.15, -0.1) is 0 Å². The molecule has 0 unspecified atom stereocenters. The van der Waals surface area contributed by atoms with E-state index in [1.54, 1.807) is 0 Å². The third-order valence-electron chi connectivity index (χ3n) is 2.14. The third kappa shape index (κ3) is 2.66. The lowest BCUT2D eigenvalue weighted by Gasteiger charge is -2.32. The summed E-state index contributed by atoms with van der Waals surface area (Å²) in [4.78, 5) is 11.0. The molecule has 1 rings (SSSR count). The van der Waals surface area contributed by atoms with Gasteiger partial charge in [0.2, 0.25) is 10.0 Å². The van der Waals surface area contributed by atoms with Gasteiger partial charge in [-0.05, 0) is 0 Å². The maximum Gasteiger partial charge on any atom is 0.325 e. The summed E-state index contributed by atoms with van der Waals surface area (Å²) in [6.45, 7) is 0.518. The summed E-state index contributed by atoms with van der Waals surface area (Å²) in [5.74, 6) is -1.15. The van der Waals surface area contributed by atoms with E-state index in [0.29, 0.717) is 0 Å². The van der Waals surface area contributed by atoms with Crippen molar-refractivity contribution in [2.75, 3.05) is 19.5 Å². The van der Waals surface area contributed by atoms with Crippen molar-refractivity contribution in [1.82, 2.24) is 4.72 Å². The first-order chi connectivity index (χ1) is 6.36. The van der Waals surface area contributed by atoms with Crippen LogP contribution in [0.15, 0.2) is 0 Å². The Kier molecular flexibility index (Phi) is 3.13. The second-order valence-corrected chi connectivity index (χ2v) is 5.12. The number of rotatable bonds is 3. The molecule has 1 aliphatic rings. The fourth-order valence-corrected chi connectivity index (χ4v) is 2.44. The van der Waals surface area contributed by atoms with Crippen LogP contribution in [0, 0.1) is 0 Å². The number of nitrogens with one attached hydrogen (secondary N) is 1. The van der Waals surface area contributed by atoms with E-state index in [2.05, 4.69) is 4.72 Å². The van der Waals surface area contributed by atoms with Gasteiger partial charge in [0.05, 0.1) is 6.26 Å². The third-order valence-corrected chi connectivity index (χ3v) is 2.90. The van der Waals surface area contributed by atoms with Crippen molar-refractivity contribution in [3.8, 4) is 0 Å². The Morgan fingerprint density at radius 2 is 1.93 bits per heavy atom. The van der Waals surface area contributed by atoms with E-state index < -0.39 is 21.5 Å². The van der Waals surface area contributed by atoms with Crippen LogP contribution in [0.4, 0.5) is 0 Å². The van der Waals surface area contributed by atoms with Gasteiger partial charge in [0.25, 0.3) is 0 Å². The number of hydrogen-bond donors (Lipinski definition) is 2. The van der Waals surface area contributed by atoms with E-state index in [0.717, 1.165) is 6.26 Å². The fraction of sp³-hybridized carbons (Fsp3) is 0.857. The predicted octanol–water partition coefficient (Wildman–Crippen LogP) is -0.831. The lowest BCUT2D eigenvalue weighted by atomic mass is 9.92. The zero-order valence-electron chi connectivity index (χ0n) is 7.82. The van der Waals surface area contributed by atoms with Crippen molar-refractivity contribution in [3.63, 3.8) is 0 Å². The molecule has 1 aliphatic heterocycles. The molecule has 0 saturated carbocycles. The summed E-state index contributed by atoms with van der Waals surface area (Å²) < 4.78 is 29.1. The van der Waals surface area contributed by atoms with Gasteiger partial charge in [-0.1, -0.05) is 0 Å². The molecular weight excluding hydrogens is 210 g/mol. The van der Waals surface area contributed by atoms with Gasteiger partial charge in [-0.2, -0.15) is 4.72 Å². The summed E-state index contributed by atoms with van der Waals surface area (Å²) in [6.07, 6.45) is 1.28. The molecule has 0 amide bonds. The summed E-state index contributed by atoms with van der Waals surface area (Å²) in [6, 6.07) is 0. The van der Waals surface area contributed by atoms with Crippen LogP contribution in [0.1, 0.15) is 12.8 Å². The van der Waals surface area contributed by atoms with Gasteiger partial charge in [0.15, 0.2) is 0 Å². The number of sulfonamides is 1. The monoisotopic (exact) mass is 223 g/mol. The van der Waals surface area contributed by atoms with Crippen LogP contribution in [0.2, 0.25) is 0 Å². The highest BCUT2D eigenvalue weighted by atomic mass is 32.2. The number of carboxylic acid groups (broad SMARTS) is 1. The second-order valence-electron chi connectivity index (χ2n) is 3.37. The Hall–Kier alpha value is -0.660. The average Bonchev–Trinajstić information content (AvgIpc) is 2.02. The predicted molar refractivity (Wildman–Crippen MR) is 48.4 cm³/mol. The molecule has 0 aliphatic carbocycles. The highest BCUT2D eigenvalue weighted by molar-refractivity contribution is 7.88. The van der Waals surface area contributed by atoms with E-state index in [9.17, 15) is 13.2 Å². The molecule has 1 saturated heterocycles. The van der Waals surface area contributed by atoms with Gasteiger partial charge in [0, 0.05) is 26.1 Å². The first-order valence-corrected chi connectivity index (χ1v) is 6.05. The molecule has 82 valence electrons. The lowest BCUT2D eigenvalue weighted by molar-refractivity contribution is -0.147. The number of hydrogen-bond acceptors (Lipinski definition) is 4. The first-order valence-electron chi connectivity index (χ1n) is 4.16. The zero-order valence-corrected chi connectivity index (χ0v) is 8.63. The van der Waals surface area contributed by atoms with Crippen molar-refractivity contribution >= 4 is 16.0 Å². The second kappa shape index (κ2) is 3.84. The minimum absolute atomic E-state index is 0.162. The quantitative estimate of drug-likeness (QED) is 0.651. The van der Waals surface area contributed by atoms with Crippen LogP contribution in [0.3, 0.4) is 0 Å². The molecule has 0 bridgehead atoms. The molecule has 0 aromatic rings. The minimum Gasteiger partial charge on any atom is -0.480 e. The lowest BCUT2D eigenvalue weighted by Crippen LogP contribution is -2.57. The molecule has 0 aromatic carbocycles. The molecule has 6 nitrogen and oxygen atoms in total. The van der Waals surface area contributed by atoms with Gasteiger partial charge in [-0.25, -0.2) is 8.42 Å². The fourth-order valence-electron chi connectivity index (χ4n) is 1.43. The number of carbonyl (C=O) groups is 1. The summed E-state index contributed by atoms with van der Waals surface area (Å²) >= 11 is 0. The van der Waals surface area contributed by atoms with Crippen LogP contribution < -0.4 is 4.72 Å². The topological polar surface area (TPSA) is 92.7 Å². The standard InChI is InChI=1S/C7H13NO5S/c1-14(11,12)8-7(6(9)10)2-4-13-5-3-7/h8H,2-5H2,1H3,(H,9,10). The van der Waals surface area contributed by atoms with Gasteiger partial charge in [0.1, 0.15) is 5.54 Å². The minimum atomic E-state index is -3.51. The van der Waals surface area contributed by atoms with Crippen molar-refractivity contribution in [3.05, 3.63) is 0 Å². The molecule has 2 N–H and O–H groups in total. The highest BCUT2D eigenvalue weighted by Gasteiger charge is 2.42. The Bertz CT molecular complexity index is 317. The van der Waals surface area contributed by atoms with Crippen LogP contribution >= 0.6 is 0 Å². The smallest absolute Gasteiger partial charge is 0.325 e. The molecule has 0 spiro atoms. The number of ether oxygens (including phenoxy) is 1. The molecule has 0 aromatic heterocycles. The Morgan fingerprint density at radius 1 is 1.43 bits per heavy atom. The van der Waals surface area contributed by atoms with Crippen LogP contribution in [-0.2, 0) is 19.6 Å². The van der Waals surface area contributed by atoms with Crippen molar-refractivity contribution < 1.29 is 23.1 Å². The average molecular weight is 223 g/mol. The number of carboxylic acids is 1. The Balaban J connectivity index is 2.87. The summed E-state index contributed by atoms with van der Waals surface area (Å²) in [5, 5.41) is 8.97. The molecule has 7 heteroatoms. The van der Waals surface area contributed by atoms with Gasteiger partial charge in [-0.3, -0.25) is 4.79 Å². The molecule has 1 heterocycles. The van der Waals surface area contributed by atoms with E-state index >= 15 is 0 Å². The first kappa shape index (κ1) is 11.4. The molecule has 14 heavy (non-hydrogen) atoms. The van der Waals surface area contributed by atoms with Gasteiger partial charge < -0.3 is 9.84 Å². The Labute approximate surface area is 82.3 Å². The molecule has 0 radical (unpaired) electrons. The van der Waals surface area contributed by atoms with Crippen LogP contribution in [-0.4, -0.2) is 44.5 Å². The van der Waals surface area contributed by atoms with Crippen LogP contribution in [0.5, 0.6) is 0 Å². The van der Waals surface area contributed by atoms with Crippen molar-refractivity contribution in [2.24, 2.45) is 0 Å². The summed E-state index contributed by atoms with van der Waals surface area (Å²) in [7, 11) is -3.51. The maximum absolute atomic E-state index is 11.0. The molecule has 1 fully saturated rings. The maximum atomic E-state index is 11.0. The van der Waals surface area contributed by atoms with Crippen molar-refractivity contribution in [1.29, 1.82) is 0 Å². The normalized spacial score (nSPS) is 21.8. The van der Waals surface area contributed by atoms with Crippen LogP contribution in [0.25, 0.3) is 0 Å².